The molecule has 2 aromatic rings. The van der Waals surface area contributed by atoms with E-state index in [9.17, 15) is 14.3 Å². The Balaban J connectivity index is 1.47. The second kappa shape index (κ2) is 9.92. The van der Waals surface area contributed by atoms with Crippen LogP contribution in [0.15, 0.2) is 35.7 Å². The minimum atomic E-state index is -0.468. The SMILES string of the molecule is CCOC(=O)CCCON=C1CN(c2ncc(-c3cccc(CO)c3F)cn2)C1. The third-order valence-electron chi connectivity index (χ3n) is 4.34. The highest BCUT2D eigenvalue weighted by atomic mass is 19.1. The number of oxime groups is 1. The summed E-state index contributed by atoms with van der Waals surface area (Å²) >= 11 is 0. The van der Waals surface area contributed by atoms with Crippen molar-refractivity contribution in [3.05, 3.63) is 42.0 Å². The van der Waals surface area contributed by atoms with Gasteiger partial charge in [0.2, 0.25) is 5.95 Å². The van der Waals surface area contributed by atoms with Crippen LogP contribution >= 0.6 is 0 Å². The summed E-state index contributed by atoms with van der Waals surface area (Å²) in [7, 11) is 0. The molecule has 0 aliphatic carbocycles. The summed E-state index contributed by atoms with van der Waals surface area (Å²) in [6.07, 6.45) is 3.98. The van der Waals surface area contributed by atoms with Crippen LogP contribution in [-0.2, 0) is 21.0 Å². The predicted molar refractivity (Wildman–Crippen MR) is 105 cm³/mol. The van der Waals surface area contributed by atoms with Crippen LogP contribution in [0, 0.1) is 5.82 Å². The zero-order chi connectivity index (χ0) is 20.6. The molecule has 1 aliphatic heterocycles. The lowest BCUT2D eigenvalue weighted by Crippen LogP contribution is -2.48. The summed E-state index contributed by atoms with van der Waals surface area (Å²) in [5.74, 6) is -0.180. The fourth-order valence-electron chi connectivity index (χ4n) is 2.79. The zero-order valence-electron chi connectivity index (χ0n) is 16.2. The number of benzene rings is 1. The van der Waals surface area contributed by atoms with Crippen molar-refractivity contribution in [3.63, 3.8) is 0 Å². The summed E-state index contributed by atoms with van der Waals surface area (Å²) in [5.41, 5.74) is 1.99. The van der Waals surface area contributed by atoms with Gasteiger partial charge in [-0.1, -0.05) is 23.4 Å². The lowest BCUT2D eigenvalue weighted by Gasteiger charge is -2.31. The van der Waals surface area contributed by atoms with E-state index < -0.39 is 5.82 Å². The van der Waals surface area contributed by atoms with Crippen LogP contribution in [0.3, 0.4) is 0 Å². The average molecular weight is 402 g/mol. The quantitative estimate of drug-likeness (QED) is 0.390. The predicted octanol–water partition coefficient (Wildman–Crippen LogP) is 2.31. The van der Waals surface area contributed by atoms with Crippen LogP contribution in [-0.4, -0.2) is 53.1 Å². The van der Waals surface area contributed by atoms with Gasteiger partial charge in [0.1, 0.15) is 12.4 Å². The molecule has 0 amide bonds. The molecule has 0 spiro atoms. The molecule has 8 nitrogen and oxygen atoms in total. The molecule has 0 unspecified atom stereocenters. The number of carbonyl (C=O) groups is 1. The van der Waals surface area contributed by atoms with Crippen molar-refractivity contribution in [3.8, 4) is 11.1 Å². The minimum absolute atomic E-state index is 0.234. The normalized spacial score (nSPS) is 13.1. The van der Waals surface area contributed by atoms with Gasteiger partial charge in [-0.05, 0) is 13.3 Å². The first-order chi connectivity index (χ1) is 14.1. The van der Waals surface area contributed by atoms with E-state index in [-0.39, 0.29) is 18.1 Å². The Hall–Kier alpha value is -3.07. The number of carbonyl (C=O) groups excluding carboxylic acids is 1. The molecule has 1 aromatic heterocycles. The van der Waals surface area contributed by atoms with Gasteiger partial charge < -0.3 is 19.6 Å². The van der Waals surface area contributed by atoms with Crippen LogP contribution < -0.4 is 4.90 Å². The van der Waals surface area contributed by atoms with Gasteiger partial charge in [0.25, 0.3) is 0 Å². The molecule has 1 aliphatic rings. The first-order valence-electron chi connectivity index (χ1n) is 9.41. The number of esters is 1. The van der Waals surface area contributed by atoms with Gasteiger partial charge in [-0.2, -0.15) is 0 Å². The van der Waals surface area contributed by atoms with Crippen molar-refractivity contribution in [2.75, 3.05) is 31.2 Å². The smallest absolute Gasteiger partial charge is 0.305 e. The molecule has 154 valence electrons. The van der Waals surface area contributed by atoms with Gasteiger partial charge in [0.05, 0.1) is 32.0 Å². The van der Waals surface area contributed by atoms with Gasteiger partial charge >= 0.3 is 5.97 Å². The molecular formula is C20H23FN4O4. The summed E-state index contributed by atoms with van der Waals surface area (Å²) in [5, 5.41) is 13.2. The summed E-state index contributed by atoms with van der Waals surface area (Å²) in [6, 6.07) is 4.84. The minimum Gasteiger partial charge on any atom is -0.466 e. The van der Waals surface area contributed by atoms with Gasteiger partial charge in [-0.25, -0.2) is 14.4 Å². The van der Waals surface area contributed by atoms with Gasteiger partial charge in [-0.3, -0.25) is 4.79 Å². The van der Waals surface area contributed by atoms with Gasteiger partial charge in [0, 0.05) is 35.5 Å². The molecule has 0 saturated carbocycles. The van der Waals surface area contributed by atoms with Crippen LogP contribution in [0.5, 0.6) is 0 Å². The molecule has 0 radical (unpaired) electrons. The molecule has 1 fully saturated rings. The van der Waals surface area contributed by atoms with Crippen molar-refractivity contribution >= 4 is 17.6 Å². The maximum atomic E-state index is 14.3. The van der Waals surface area contributed by atoms with E-state index >= 15 is 0 Å². The van der Waals surface area contributed by atoms with E-state index in [1.165, 1.54) is 6.07 Å². The molecule has 0 bridgehead atoms. The first-order valence-corrected chi connectivity index (χ1v) is 9.41. The topological polar surface area (TPSA) is 97.1 Å². The Morgan fingerprint density at radius 2 is 2.07 bits per heavy atom. The third-order valence-corrected chi connectivity index (χ3v) is 4.34. The van der Waals surface area contributed by atoms with Gasteiger partial charge in [0.15, 0.2) is 0 Å². The Bertz CT molecular complexity index is 865. The standard InChI is InChI=1S/C20H23FN4O4/c1-2-28-18(27)7-4-8-29-24-16-11-25(12-16)20-22-9-15(10-23-20)17-6-3-5-14(13-26)19(17)21/h3,5-6,9-10,26H,2,4,7-8,11-13H2,1H3. The van der Waals surface area contributed by atoms with Crippen LogP contribution in [0.4, 0.5) is 10.3 Å². The van der Waals surface area contributed by atoms with Crippen LogP contribution in [0.2, 0.25) is 0 Å². The summed E-state index contributed by atoms with van der Waals surface area (Å²) < 4.78 is 19.2. The van der Waals surface area contributed by atoms with E-state index in [2.05, 4.69) is 15.1 Å². The lowest BCUT2D eigenvalue weighted by atomic mass is 10.1. The molecule has 2 heterocycles. The highest BCUT2D eigenvalue weighted by Gasteiger charge is 2.25. The van der Waals surface area contributed by atoms with Crippen molar-refractivity contribution < 1.29 is 23.9 Å². The second-order valence-corrected chi connectivity index (χ2v) is 6.46. The first kappa shape index (κ1) is 20.7. The number of aliphatic hydroxyl groups is 1. The van der Waals surface area contributed by atoms with E-state index in [4.69, 9.17) is 9.57 Å². The van der Waals surface area contributed by atoms with Crippen molar-refractivity contribution in [1.29, 1.82) is 0 Å². The maximum Gasteiger partial charge on any atom is 0.305 e. The molecule has 3 rings (SSSR count). The Morgan fingerprint density at radius 1 is 1.31 bits per heavy atom. The number of aromatic nitrogens is 2. The number of halogens is 1. The van der Waals surface area contributed by atoms with E-state index in [0.29, 0.717) is 56.2 Å². The fraction of sp³-hybridized carbons (Fsp3) is 0.400. The molecule has 9 heteroatoms. The highest BCUT2D eigenvalue weighted by Crippen LogP contribution is 2.25. The lowest BCUT2D eigenvalue weighted by molar-refractivity contribution is -0.143. The third kappa shape index (κ3) is 5.26. The maximum absolute atomic E-state index is 14.3. The van der Waals surface area contributed by atoms with E-state index in [1.54, 1.807) is 31.5 Å². The summed E-state index contributed by atoms with van der Waals surface area (Å²) in [6.45, 7) is 3.24. The van der Waals surface area contributed by atoms with E-state index in [1.807, 2.05) is 4.90 Å². The fourth-order valence-corrected chi connectivity index (χ4v) is 2.79. The summed E-state index contributed by atoms with van der Waals surface area (Å²) in [4.78, 5) is 26.9. The largest absolute Gasteiger partial charge is 0.466 e. The number of nitrogens with zero attached hydrogens (tertiary/aromatic N) is 4. The number of aliphatic hydroxyl groups excluding tert-OH is 1. The number of rotatable bonds is 9. The highest BCUT2D eigenvalue weighted by molar-refractivity contribution is 5.98. The second-order valence-electron chi connectivity index (χ2n) is 6.46. The van der Waals surface area contributed by atoms with Crippen molar-refractivity contribution in [1.82, 2.24) is 9.97 Å². The number of ether oxygens (including phenoxy) is 1. The molecule has 29 heavy (non-hydrogen) atoms. The molecule has 0 atom stereocenters. The van der Waals surface area contributed by atoms with Gasteiger partial charge in [-0.15, -0.1) is 0 Å². The molecule has 1 aromatic carbocycles. The number of hydrogen-bond acceptors (Lipinski definition) is 8. The molecule has 1 saturated heterocycles. The number of anilines is 1. The van der Waals surface area contributed by atoms with Crippen LogP contribution in [0.1, 0.15) is 25.3 Å². The van der Waals surface area contributed by atoms with E-state index in [0.717, 1.165) is 5.71 Å². The van der Waals surface area contributed by atoms with Crippen molar-refractivity contribution in [2.45, 2.75) is 26.4 Å². The average Bonchev–Trinajstić information content (AvgIpc) is 2.70. The zero-order valence-corrected chi connectivity index (χ0v) is 16.2. The molecular weight excluding hydrogens is 379 g/mol. The Morgan fingerprint density at radius 3 is 2.76 bits per heavy atom. The monoisotopic (exact) mass is 402 g/mol. The Labute approximate surface area is 168 Å². The number of hydrogen-bond donors (Lipinski definition) is 1. The Kier molecular flexibility index (Phi) is 7.07. The van der Waals surface area contributed by atoms with Crippen molar-refractivity contribution in [2.24, 2.45) is 5.16 Å². The van der Waals surface area contributed by atoms with Crippen LogP contribution in [0.25, 0.3) is 11.1 Å². The molecule has 1 N–H and O–H groups in total.